The quantitative estimate of drug-likeness (QED) is 0.788. The zero-order chi connectivity index (χ0) is 13.6. The topological polar surface area (TPSA) is 30.5 Å². The van der Waals surface area contributed by atoms with Crippen LogP contribution < -0.4 is 10.1 Å². The number of ether oxygens (including phenoxy) is 2. The number of hydrogen-bond acceptors (Lipinski definition) is 3. The second-order valence-electron chi connectivity index (χ2n) is 5.36. The normalized spacial score (nSPS) is 13.4. The van der Waals surface area contributed by atoms with Gasteiger partial charge in [0.05, 0.1) is 12.2 Å². The van der Waals surface area contributed by atoms with E-state index >= 15 is 0 Å². The lowest BCUT2D eigenvalue weighted by Gasteiger charge is -2.20. The van der Waals surface area contributed by atoms with Crippen LogP contribution in [-0.4, -0.2) is 25.9 Å². The maximum atomic E-state index is 5.79. The Bertz CT molecular complexity index is 358. The summed E-state index contributed by atoms with van der Waals surface area (Å²) in [6.07, 6.45) is 0. The summed E-state index contributed by atoms with van der Waals surface area (Å²) in [5.41, 5.74) is 1.07. The van der Waals surface area contributed by atoms with Gasteiger partial charge in [-0.1, -0.05) is 18.2 Å². The van der Waals surface area contributed by atoms with Crippen molar-refractivity contribution in [2.45, 2.75) is 39.3 Å². The molecule has 1 aromatic rings. The molecule has 3 nitrogen and oxygen atoms in total. The predicted octanol–water partition coefficient (Wildman–Crippen LogP) is 3.16. The average molecular weight is 251 g/mol. The van der Waals surface area contributed by atoms with E-state index in [-0.39, 0.29) is 11.6 Å². The van der Waals surface area contributed by atoms with E-state index in [2.05, 4.69) is 18.3 Å². The van der Waals surface area contributed by atoms with Gasteiger partial charge in [0.15, 0.2) is 0 Å². The number of rotatable bonds is 6. The van der Waals surface area contributed by atoms with Crippen molar-refractivity contribution < 1.29 is 9.47 Å². The molecule has 0 amide bonds. The molecule has 0 aliphatic rings. The van der Waals surface area contributed by atoms with Crippen LogP contribution in [0.15, 0.2) is 24.3 Å². The second-order valence-corrected chi connectivity index (χ2v) is 5.36. The van der Waals surface area contributed by atoms with Gasteiger partial charge in [-0.3, -0.25) is 0 Å². The summed E-state index contributed by atoms with van der Waals surface area (Å²) in [5.74, 6) is 0.928. The second kappa shape index (κ2) is 6.76. The summed E-state index contributed by atoms with van der Waals surface area (Å²) in [6, 6.07) is 8.39. The van der Waals surface area contributed by atoms with Gasteiger partial charge in [-0.2, -0.15) is 0 Å². The Balaban J connectivity index is 2.52. The van der Waals surface area contributed by atoms with Crippen LogP contribution in [0, 0.1) is 0 Å². The number of para-hydroxylation sites is 1. The molecule has 0 radical (unpaired) electrons. The maximum Gasteiger partial charge on any atom is 0.124 e. The molecule has 1 rings (SSSR count). The van der Waals surface area contributed by atoms with Crippen LogP contribution in [0.3, 0.4) is 0 Å². The van der Waals surface area contributed by atoms with Crippen molar-refractivity contribution in [1.29, 1.82) is 0 Å². The molecule has 0 heterocycles. The molecule has 18 heavy (non-hydrogen) atoms. The van der Waals surface area contributed by atoms with Crippen LogP contribution in [0.1, 0.15) is 39.3 Å². The lowest BCUT2D eigenvalue weighted by Crippen LogP contribution is -2.23. The van der Waals surface area contributed by atoms with Crippen LogP contribution in [0.5, 0.6) is 5.75 Å². The fourth-order valence-corrected chi connectivity index (χ4v) is 1.62. The molecular weight excluding hydrogens is 226 g/mol. The Labute approximate surface area is 110 Å². The highest BCUT2D eigenvalue weighted by Crippen LogP contribution is 2.24. The lowest BCUT2D eigenvalue weighted by molar-refractivity contribution is -0.0164. The summed E-state index contributed by atoms with van der Waals surface area (Å²) < 4.78 is 11.4. The molecule has 0 spiro atoms. The zero-order valence-corrected chi connectivity index (χ0v) is 12.1. The maximum absolute atomic E-state index is 5.79. The fraction of sp³-hybridized carbons (Fsp3) is 0.600. The highest BCUT2D eigenvalue weighted by atomic mass is 16.5. The van der Waals surface area contributed by atoms with Gasteiger partial charge in [-0.05, 0) is 40.8 Å². The molecule has 1 unspecified atom stereocenters. The highest BCUT2D eigenvalue weighted by molar-refractivity contribution is 5.35. The van der Waals surface area contributed by atoms with E-state index in [1.807, 2.05) is 46.0 Å². The van der Waals surface area contributed by atoms with E-state index in [0.29, 0.717) is 13.2 Å². The van der Waals surface area contributed by atoms with Crippen molar-refractivity contribution in [3.63, 3.8) is 0 Å². The monoisotopic (exact) mass is 251 g/mol. The van der Waals surface area contributed by atoms with Crippen molar-refractivity contribution in [3.05, 3.63) is 29.8 Å². The van der Waals surface area contributed by atoms with Crippen LogP contribution >= 0.6 is 0 Å². The Morgan fingerprint density at radius 1 is 1.17 bits per heavy atom. The van der Waals surface area contributed by atoms with E-state index in [0.717, 1.165) is 5.75 Å². The molecule has 0 saturated carbocycles. The van der Waals surface area contributed by atoms with Gasteiger partial charge < -0.3 is 14.8 Å². The van der Waals surface area contributed by atoms with Gasteiger partial charge >= 0.3 is 0 Å². The number of benzene rings is 1. The fourth-order valence-electron chi connectivity index (χ4n) is 1.62. The van der Waals surface area contributed by atoms with Gasteiger partial charge in [0.25, 0.3) is 0 Å². The van der Waals surface area contributed by atoms with Crippen LogP contribution in [0.2, 0.25) is 0 Å². The molecular formula is C15H25NO2. The number of hydrogen-bond donors (Lipinski definition) is 1. The highest BCUT2D eigenvalue weighted by Gasteiger charge is 2.11. The molecule has 0 aliphatic heterocycles. The first kappa shape index (κ1) is 15.0. The summed E-state index contributed by atoms with van der Waals surface area (Å²) in [6.45, 7) is 9.43. The molecule has 1 atom stereocenters. The Morgan fingerprint density at radius 3 is 2.44 bits per heavy atom. The summed E-state index contributed by atoms with van der Waals surface area (Å²) >= 11 is 0. The molecule has 1 N–H and O–H groups in total. The Hall–Kier alpha value is -1.06. The minimum atomic E-state index is -0.110. The van der Waals surface area contributed by atoms with E-state index < -0.39 is 0 Å². The van der Waals surface area contributed by atoms with Crippen LogP contribution in [0.4, 0.5) is 0 Å². The summed E-state index contributed by atoms with van der Waals surface area (Å²) in [4.78, 5) is 0. The van der Waals surface area contributed by atoms with Gasteiger partial charge in [0.2, 0.25) is 0 Å². The SMILES string of the molecule is CNC(C)c1ccccc1OCCOC(C)(C)C. The summed E-state index contributed by atoms with van der Waals surface area (Å²) in [5, 5.41) is 3.23. The predicted molar refractivity (Wildman–Crippen MR) is 75.1 cm³/mol. The van der Waals surface area contributed by atoms with Gasteiger partial charge in [-0.15, -0.1) is 0 Å². The average Bonchev–Trinajstić information content (AvgIpc) is 2.33. The molecule has 102 valence electrons. The first-order valence-corrected chi connectivity index (χ1v) is 6.47. The van der Waals surface area contributed by atoms with Gasteiger partial charge in [-0.25, -0.2) is 0 Å². The first-order valence-electron chi connectivity index (χ1n) is 6.47. The first-order chi connectivity index (χ1) is 8.44. The molecule has 3 heteroatoms. The third-order valence-electron chi connectivity index (χ3n) is 2.69. The summed E-state index contributed by atoms with van der Waals surface area (Å²) in [7, 11) is 1.95. The van der Waals surface area contributed by atoms with E-state index in [9.17, 15) is 0 Å². The van der Waals surface area contributed by atoms with Crippen LogP contribution in [-0.2, 0) is 4.74 Å². The van der Waals surface area contributed by atoms with Crippen molar-refractivity contribution in [1.82, 2.24) is 5.32 Å². The molecule has 0 fully saturated rings. The molecule has 0 aromatic heterocycles. The van der Waals surface area contributed by atoms with E-state index in [4.69, 9.17) is 9.47 Å². The standard InChI is InChI=1S/C15H25NO2/c1-12(16-5)13-8-6-7-9-14(13)17-10-11-18-15(2,3)4/h6-9,12,16H,10-11H2,1-5H3. The van der Waals surface area contributed by atoms with Gasteiger partial charge in [0.1, 0.15) is 12.4 Å². The van der Waals surface area contributed by atoms with Crippen molar-refractivity contribution >= 4 is 0 Å². The molecule has 0 saturated heterocycles. The third-order valence-corrected chi connectivity index (χ3v) is 2.69. The number of nitrogens with one attached hydrogen (secondary N) is 1. The van der Waals surface area contributed by atoms with Crippen molar-refractivity contribution in [2.24, 2.45) is 0 Å². The third kappa shape index (κ3) is 5.07. The van der Waals surface area contributed by atoms with E-state index in [1.165, 1.54) is 5.56 Å². The van der Waals surface area contributed by atoms with Crippen LogP contribution in [0.25, 0.3) is 0 Å². The smallest absolute Gasteiger partial charge is 0.124 e. The minimum absolute atomic E-state index is 0.110. The Morgan fingerprint density at radius 2 is 1.83 bits per heavy atom. The van der Waals surface area contributed by atoms with Gasteiger partial charge in [0, 0.05) is 11.6 Å². The van der Waals surface area contributed by atoms with Crippen molar-refractivity contribution in [3.8, 4) is 5.75 Å². The molecule has 0 bridgehead atoms. The van der Waals surface area contributed by atoms with Crippen molar-refractivity contribution in [2.75, 3.05) is 20.3 Å². The van der Waals surface area contributed by atoms with E-state index in [1.54, 1.807) is 0 Å². The lowest BCUT2D eigenvalue weighted by atomic mass is 10.1. The molecule has 1 aromatic carbocycles. The minimum Gasteiger partial charge on any atom is -0.491 e. The Kier molecular flexibility index (Phi) is 5.63. The molecule has 0 aliphatic carbocycles. The zero-order valence-electron chi connectivity index (χ0n) is 12.1. The largest absolute Gasteiger partial charge is 0.491 e.